The summed E-state index contributed by atoms with van der Waals surface area (Å²) < 4.78 is 5.62. The van der Waals surface area contributed by atoms with Crippen LogP contribution in [0.4, 0.5) is 0 Å². The largest absolute Gasteiger partial charge is 0.376 e. The molecule has 0 unspecified atom stereocenters. The van der Waals surface area contributed by atoms with Crippen LogP contribution in [-0.2, 0) is 4.74 Å². The van der Waals surface area contributed by atoms with Crippen molar-refractivity contribution in [1.29, 1.82) is 0 Å². The minimum Gasteiger partial charge on any atom is -0.376 e. The van der Waals surface area contributed by atoms with Gasteiger partial charge in [-0.1, -0.05) is 24.3 Å². The Bertz CT molecular complexity index is 172. The fraction of sp³-hybridized carbons (Fsp3) is 0.636. The minimum atomic E-state index is 0.00598. The Balaban J connectivity index is 2.10. The maximum absolute atomic E-state index is 5.62. The average molecular weight is 166 g/mol. The Morgan fingerprint density at radius 2 is 1.75 bits per heavy atom. The summed E-state index contributed by atoms with van der Waals surface area (Å²) >= 11 is 0. The van der Waals surface area contributed by atoms with E-state index in [9.17, 15) is 0 Å². The van der Waals surface area contributed by atoms with Gasteiger partial charge in [0.25, 0.3) is 0 Å². The number of hydrogen-bond donors (Lipinski definition) is 0. The fourth-order valence-corrected chi connectivity index (χ4v) is 1.17. The van der Waals surface area contributed by atoms with E-state index in [4.69, 9.17) is 4.74 Å². The normalized spacial score (nSPS) is 17.6. The first-order valence-corrected chi connectivity index (χ1v) is 4.57. The van der Waals surface area contributed by atoms with Gasteiger partial charge in [-0.25, -0.2) is 0 Å². The molecule has 1 aliphatic carbocycles. The molecule has 0 saturated carbocycles. The SMILES string of the molecule is CC(C)(C)OCCC1C=CC=C1. The maximum Gasteiger partial charge on any atom is 0.0598 e. The van der Waals surface area contributed by atoms with Gasteiger partial charge >= 0.3 is 0 Å². The summed E-state index contributed by atoms with van der Waals surface area (Å²) in [6, 6.07) is 0. The molecule has 1 heteroatoms. The molecule has 0 aliphatic heterocycles. The molecule has 0 fully saturated rings. The molecule has 0 N–H and O–H groups in total. The lowest BCUT2D eigenvalue weighted by molar-refractivity contribution is -0.00585. The third-order valence-electron chi connectivity index (χ3n) is 1.81. The van der Waals surface area contributed by atoms with Crippen LogP contribution in [-0.4, -0.2) is 12.2 Å². The van der Waals surface area contributed by atoms with E-state index in [1.54, 1.807) is 0 Å². The van der Waals surface area contributed by atoms with Gasteiger partial charge in [0, 0.05) is 6.61 Å². The topological polar surface area (TPSA) is 9.23 Å². The predicted octanol–water partition coefficient (Wildman–Crippen LogP) is 2.93. The van der Waals surface area contributed by atoms with E-state index >= 15 is 0 Å². The van der Waals surface area contributed by atoms with Gasteiger partial charge in [0.2, 0.25) is 0 Å². The van der Waals surface area contributed by atoms with Crippen molar-refractivity contribution in [3.63, 3.8) is 0 Å². The van der Waals surface area contributed by atoms with E-state index in [-0.39, 0.29) is 5.60 Å². The van der Waals surface area contributed by atoms with Crippen molar-refractivity contribution in [2.45, 2.75) is 32.8 Å². The van der Waals surface area contributed by atoms with Crippen LogP contribution in [0.25, 0.3) is 0 Å². The highest BCUT2D eigenvalue weighted by Gasteiger charge is 2.11. The van der Waals surface area contributed by atoms with Crippen LogP contribution < -0.4 is 0 Å². The van der Waals surface area contributed by atoms with E-state index in [1.807, 2.05) is 0 Å². The first kappa shape index (κ1) is 9.53. The van der Waals surface area contributed by atoms with E-state index < -0.39 is 0 Å². The highest BCUT2D eigenvalue weighted by molar-refractivity contribution is 5.17. The standard InChI is InChI=1S/C11H18O/c1-11(2,3)12-9-8-10-6-4-5-7-10/h4-7,10H,8-9H2,1-3H3. The second-order valence-electron chi connectivity index (χ2n) is 4.18. The molecule has 0 atom stereocenters. The lowest BCUT2D eigenvalue weighted by atomic mass is 10.1. The Morgan fingerprint density at radius 3 is 2.25 bits per heavy atom. The zero-order valence-electron chi connectivity index (χ0n) is 8.21. The van der Waals surface area contributed by atoms with Crippen molar-refractivity contribution in [2.75, 3.05) is 6.61 Å². The Labute approximate surface area is 75.1 Å². The van der Waals surface area contributed by atoms with E-state index in [1.165, 1.54) is 0 Å². The van der Waals surface area contributed by atoms with Crippen molar-refractivity contribution in [3.8, 4) is 0 Å². The Morgan fingerprint density at radius 1 is 1.17 bits per heavy atom. The minimum absolute atomic E-state index is 0.00598. The molecule has 12 heavy (non-hydrogen) atoms. The lowest BCUT2D eigenvalue weighted by Crippen LogP contribution is -2.20. The molecule has 0 amide bonds. The summed E-state index contributed by atoms with van der Waals surface area (Å²) in [4.78, 5) is 0. The van der Waals surface area contributed by atoms with E-state index in [0.717, 1.165) is 13.0 Å². The van der Waals surface area contributed by atoms with Crippen LogP contribution in [0, 0.1) is 5.92 Å². The Kier molecular flexibility index (Phi) is 3.10. The van der Waals surface area contributed by atoms with Crippen LogP contribution >= 0.6 is 0 Å². The zero-order chi connectivity index (χ0) is 9.03. The van der Waals surface area contributed by atoms with Crippen LogP contribution in [0.1, 0.15) is 27.2 Å². The van der Waals surface area contributed by atoms with E-state index in [0.29, 0.717) is 5.92 Å². The number of rotatable bonds is 3. The van der Waals surface area contributed by atoms with Crippen LogP contribution in [0.5, 0.6) is 0 Å². The molecule has 0 radical (unpaired) electrons. The smallest absolute Gasteiger partial charge is 0.0598 e. The number of ether oxygens (including phenoxy) is 1. The second-order valence-corrected chi connectivity index (χ2v) is 4.18. The number of hydrogen-bond acceptors (Lipinski definition) is 1. The molecule has 0 aromatic carbocycles. The van der Waals surface area contributed by atoms with Gasteiger partial charge in [0.1, 0.15) is 0 Å². The third-order valence-corrected chi connectivity index (χ3v) is 1.81. The monoisotopic (exact) mass is 166 g/mol. The first-order valence-electron chi connectivity index (χ1n) is 4.57. The molecule has 0 spiro atoms. The molecule has 0 aromatic heterocycles. The summed E-state index contributed by atoms with van der Waals surface area (Å²) in [5.74, 6) is 0.604. The van der Waals surface area contributed by atoms with Crippen LogP contribution in [0.3, 0.4) is 0 Å². The van der Waals surface area contributed by atoms with Gasteiger partial charge in [-0.15, -0.1) is 0 Å². The second kappa shape index (κ2) is 3.90. The molecule has 68 valence electrons. The molecule has 0 aromatic rings. The van der Waals surface area contributed by atoms with Gasteiger partial charge in [-0.2, -0.15) is 0 Å². The predicted molar refractivity (Wildman–Crippen MR) is 52.1 cm³/mol. The molecule has 1 aliphatic rings. The first-order chi connectivity index (χ1) is 5.58. The van der Waals surface area contributed by atoms with Gasteiger partial charge in [-0.05, 0) is 33.1 Å². The Hall–Kier alpha value is -0.560. The highest BCUT2D eigenvalue weighted by Crippen LogP contribution is 2.15. The molecule has 0 heterocycles. The van der Waals surface area contributed by atoms with Gasteiger partial charge < -0.3 is 4.74 Å². The average Bonchev–Trinajstić information content (AvgIpc) is 2.36. The van der Waals surface area contributed by atoms with Crippen LogP contribution in [0.15, 0.2) is 24.3 Å². The van der Waals surface area contributed by atoms with Gasteiger partial charge in [0.15, 0.2) is 0 Å². The van der Waals surface area contributed by atoms with Gasteiger partial charge in [0.05, 0.1) is 5.60 Å². The molecule has 1 rings (SSSR count). The summed E-state index contributed by atoms with van der Waals surface area (Å²) in [7, 11) is 0. The molecular formula is C11H18O. The van der Waals surface area contributed by atoms with Crippen molar-refractivity contribution in [3.05, 3.63) is 24.3 Å². The summed E-state index contributed by atoms with van der Waals surface area (Å²) in [6.45, 7) is 7.12. The highest BCUT2D eigenvalue weighted by atomic mass is 16.5. The van der Waals surface area contributed by atoms with Crippen molar-refractivity contribution in [1.82, 2.24) is 0 Å². The van der Waals surface area contributed by atoms with Crippen molar-refractivity contribution < 1.29 is 4.74 Å². The van der Waals surface area contributed by atoms with Gasteiger partial charge in [-0.3, -0.25) is 0 Å². The maximum atomic E-state index is 5.62. The lowest BCUT2D eigenvalue weighted by Gasteiger charge is -2.20. The molecule has 0 saturated heterocycles. The van der Waals surface area contributed by atoms with Crippen LogP contribution in [0.2, 0.25) is 0 Å². The molecular weight excluding hydrogens is 148 g/mol. The quantitative estimate of drug-likeness (QED) is 0.626. The van der Waals surface area contributed by atoms with Crippen molar-refractivity contribution >= 4 is 0 Å². The molecule has 1 nitrogen and oxygen atoms in total. The zero-order valence-corrected chi connectivity index (χ0v) is 8.21. The third kappa shape index (κ3) is 3.72. The summed E-state index contributed by atoms with van der Waals surface area (Å²) in [6.07, 6.45) is 9.73. The summed E-state index contributed by atoms with van der Waals surface area (Å²) in [5.41, 5.74) is 0.00598. The van der Waals surface area contributed by atoms with E-state index in [2.05, 4.69) is 45.1 Å². The number of allylic oxidation sites excluding steroid dienone is 4. The summed E-state index contributed by atoms with van der Waals surface area (Å²) in [5, 5.41) is 0. The van der Waals surface area contributed by atoms with Crippen molar-refractivity contribution in [2.24, 2.45) is 5.92 Å². The fourth-order valence-electron chi connectivity index (χ4n) is 1.17. The molecule has 0 bridgehead atoms.